The fraction of sp³-hybridized carbons (Fsp3) is 0.571. The van der Waals surface area contributed by atoms with E-state index >= 15 is 0 Å². The van der Waals surface area contributed by atoms with Crippen LogP contribution >= 0.6 is 24.0 Å². The quantitative estimate of drug-likeness (QED) is 0.241. The summed E-state index contributed by atoms with van der Waals surface area (Å²) < 4.78 is 6.01. The molecule has 8 heteroatoms. The molecule has 2 aliphatic rings. The van der Waals surface area contributed by atoms with Gasteiger partial charge in [0, 0.05) is 45.1 Å². The Hall–Kier alpha value is -1.84. The number of nitrogens with one attached hydrogen (secondary N) is 2. The van der Waals surface area contributed by atoms with Crippen molar-refractivity contribution < 1.29 is 14.3 Å². The van der Waals surface area contributed by atoms with Crippen LogP contribution in [0.3, 0.4) is 0 Å². The van der Waals surface area contributed by atoms with Crippen molar-refractivity contribution in [3.63, 3.8) is 0 Å². The van der Waals surface area contributed by atoms with Crippen LogP contribution in [0.15, 0.2) is 23.2 Å². The van der Waals surface area contributed by atoms with E-state index < -0.39 is 0 Å². The van der Waals surface area contributed by atoms with E-state index in [1.165, 1.54) is 23.3 Å². The molecule has 0 spiro atoms. The highest BCUT2D eigenvalue weighted by Crippen LogP contribution is 2.30. The van der Waals surface area contributed by atoms with E-state index in [-0.39, 0.29) is 35.8 Å². The van der Waals surface area contributed by atoms with Gasteiger partial charge in [0.25, 0.3) is 0 Å². The summed E-state index contributed by atoms with van der Waals surface area (Å²) in [7, 11) is 1.70. The minimum absolute atomic E-state index is 0. The lowest BCUT2D eigenvalue weighted by Gasteiger charge is -2.25. The number of imide groups is 1. The second-order valence-electron chi connectivity index (χ2n) is 7.51. The van der Waals surface area contributed by atoms with Crippen LogP contribution in [0.5, 0.6) is 5.75 Å². The molecule has 1 saturated carbocycles. The Labute approximate surface area is 189 Å². The zero-order valence-corrected chi connectivity index (χ0v) is 19.5. The van der Waals surface area contributed by atoms with Crippen LogP contribution in [-0.2, 0) is 16.1 Å². The smallest absolute Gasteiger partial charge is 0.229 e. The second-order valence-corrected chi connectivity index (χ2v) is 7.51. The highest BCUT2D eigenvalue weighted by Gasteiger charge is 2.25. The van der Waals surface area contributed by atoms with Gasteiger partial charge in [0.2, 0.25) is 11.8 Å². The van der Waals surface area contributed by atoms with Crippen LogP contribution in [0.1, 0.15) is 43.2 Å². The van der Waals surface area contributed by atoms with E-state index in [0.29, 0.717) is 50.8 Å². The highest BCUT2D eigenvalue weighted by atomic mass is 127. The number of guanidine groups is 1. The SMILES string of the molecule is CN=C(NCCN1C(=O)CCCC1=O)NCc1ccc(C)cc1OCC1CC1.I. The third-order valence-corrected chi connectivity index (χ3v) is 5.08. The minimum Gasteiger partial charge on any atom is -0.493 e. The number of halogens is 1. The van der Waals surface area contributed by atoms with Gasteiger partial charge in [0.15, 0.2) is 5.96 Å². The maximum absolute atomic E-state index is 11.9. The minimum atomic E-state index is -0.0851. The molecule has 2 amide bonds. The van der Waals surface area contributed by atoms with E-state index in [1.54, 1.807) is 7.05 Å². The molecule has 0 bridgehead atoms. The number of carbonyl (C=O) groups is 2. The van der Waals surface area contributed by atoms with Crippen molar-refractivity contribution >= 4 is 41.8 Å². The third kappa shape index (κ3) is 7.17. The van der Waals surface area contributed by atoms with Crippen molar-refractivity contribution in [3.8, 4) is 5.75 Å². The Morgan fingerprint density at radius 3 is 2.59 bits per heavy atom. The van der Waals surface area contributed by atoms with Crippen LogP contribution in [0.4, 0.5) is 0 Å². The van der Waals surface area contributed by atoms with Crippen molar-refractivity contribution in [3.05, 3.63) is 29.3 Å². The number of ether oxygens (including phenoxy) is 1. The van der Waals surface area contributed by atoms with Crippen LogP contribution in [0.2, 0.25) is 0 Å². The first kappa shape index (κ1) is 23.4. The van der Waals surface area contributed by atoms with Gasteiger partial charge in [-0.2, -0.15) is 0 Å². The van der Waals surface area contributed by atoms with Crippen molar-refractivity contribution in [1.29, 1.82) is 0 Å². The average Bonchev–Trinajstić information content (AvgIpc) is 3.50. The maximum Gasteiger partial charge on any atom is 0.229 e. The first-order chi connectivity index (χ1) is 13.6. The number of hydrogen-bond acceptors (Lipinski definition) is 4. The van der Waals surface area contributed by atoms with Gasteiger partial charge in [0.05, 0.1) is 6.61 Å². The summed E-state index contributed by atoms with van der Waals surface area (Å²) in [6.45, 7) is 4.25. The summed E-state index contributed by atoms with van der Waals surface area (Å²) in [4.78, 5) is 29.3. The molecule has 1 aromatic rings. The lowest BCUT2D eigenvalue weighted by Crippen LogP contribution is -2.46. The summed E-state index contributed by atoms with van der Waals surface area (Å²) in [5.41, 5.74) is 2.25. The van der Waals surface area contributed by atoms with Gasteiger partial charge in [-0.05, 0) is 43.7 Å². The van der Waals surface area contributed by atoms with Crippen molar-refractivity contribution in [2.75, 3.05) is 26.7 Å². The zero-order valence-electron chi connectivity index (χ0n) is 17.2. The Balaban J connectivity index is 0.00000300. The number of aliphatic imine (C=N–C) groups is 1. The van der Waals surface area contributed by atoms with Crippen LogP contribution in [-0.4, -0.2) is 49.4 Å². The standard InChI is InChI=1S/C21H30N4O3.HI/c1-15-6-9-17(18(12-15)28-14-16-7-8-16)13-24-21(22-2)23-10-11-25-19(26)4-3-5-20(25)27;/h6,9,12,16H,3-5,7-8,10-11,13-14H2,1-2H3,(H2,22,23,24);1H. The van der Waals surface area contributed by atoms with Crippen molar-refractivity contribution in [2.24, 2.45) is 10.9 Å². The lowest BCUT2D eigenvalue weighted by atomic mass is 10.1. The van der Waals surface area contributed by atoms with E-state index in [1.807, 2.05) is 0 Å². The number of hydrogen-bond donors (Lipinski definition) is 2. The van der Waals surface area contributed by atoms with E-state index in [2.05, 4.69) is 40.7 Å². The molecule has 1 heterocycles. The Kier molecular flexibility index (Phi) is 9.19. The molecule has 160 valence electrons. The maximum atomic E-state index is 11.9. The largest absolute Gasteiger partial charge is 0.493 e. The van der Waals surface area contributed by atoms with E-state index in [9.17, 15) is 9.59 Å². The predicted molar refractivity (Wildman–Crippen MR) is 124 cm³/mol. The first-order valence-electron chi connectivity index (χ1n) is 10.1. The van der Waals surface area contributed by atoms with E-state index in [0.717, 1.165) is 17.9 Å². The molecule has 0 radical (unpaired) electrons. The molecular formula is C21H31IN4O3. The summed E-state index contributed by atoms with van der Waals surface area (Å²) >= 11 is 0. The lowest BCUT2D eigenvalue weighted by molar-refractivity contribution is -0.147. The summed E-state index contributed by atoms with van der Waals surface area (Å²) in [5, 5.41) is 6.45. The number of piperidine rings is 1. The topological polar surface area (TPSA) is 83.0 Å². The van der Waals surface area contributed by atoms with Crippen molar-refractivity contribution in [2.45, 2.75) is 45.6 Å². The number of benzene rings is 1. The molecule has 0 unspecified atom stereocenters. The number of aryl methyl sites for hydroxylation is 1. The van der Waals surface area contributed by atoms with Gasteiger partial charge in [-0.1, -0.05) is 12.1 Å². The van der Waals surface area contributed by atoms with Gasteiger partial charge in [0.1, 0.15) is 5.75 Å². The van der Waals surface area contributed by atoms with Crippen LogP contribution in [0, 0.1) is 12.8 Å². The molecule has 7 nitrogen and oxygen atoms in total. The summed E-state index contributed by atoms with van der Waals surface area (Å²) in [6, 6.07) is 6.22. The fourth-order valence-electron chi connectivity index (χ4n) is 3.17. The Bertz CT molecular complexity index is 733. The number of rotatable bonds is 8. The van der Waals surface area contributed by atoms with Crippen molar-refractivity contribution in [1.82, 2.24) is 15.5 Å². The van der Waals surface area contributed by atoms with Gasteiger partial charge in [-0.3, -0.25) is 19.5 Å². The molecular weight excluding hydrogens is 483 g/mol. The molecule has 2 N–H and O–H groups in total. The Morgan fingerprint density at radius 2 is 1.93 bits per heavy atom. The van der Waals surface area contributed by atoms with Gasteiger partial charge >= 0.3 is 0 Å². The van der Waals surface area contributed by atoms with Crippen LogP contribution in [0.25, 0.3) is 0 Å². The predicted octanol–water partition coefficient (Wildman–Crippen LogP) is 2.61. The molecule has 1 aliphatic carbocycles. The first-order valence-corrected chi connectivity index (χ1v) is 10.1. The van der Waals surface area contributed by atoms with Gasteiger partial charge in [-0.15, -0.1) is 24.0 Å². The average molecular weight is 514 g/mol. The number of amides is 2. The normalized spacial score (nSPS) is 17.0. The fourth-order valence-corrected chi connectivity index (χ4v) is 3.17. The molecule has 2 fully saturated rings. The molecule has 1 aliphatic heterocycles. The monoisotopic (exact) mass is 514 g/mol. The number of nitrogens with zero attached hydrogens (tertiary/aromatic N) is 2. The number of likely N-dealkylation sites (tertiary alicyclic amines) is 1. The number of carbonyl (C=O) groups excluding carboxylic acids is 2. The molecule has 1 saturated heterocycles. The molecule has 1 aromatic carbocycles. The van der Waals surface area contributed by atoms with Gasteiger partial charge < -0.3 is 15.4 Å². The zero-order chi connectivity index (χ0) is 19.9. The highest BCUT2D eigenvalue weighted by molar-refractivity contribution is 14.0. The Morgan fingerprint density at radius 1 is 1.21 bits per heavy atom. The molecule has 0 aromatic heterocycles. The molecule has 3 rings (SSSR count). The van der Waals surface area contributed by atoms with Crippen LogP contribution < -0.4 is 15.4 Å². The van der Waals surface area contributed by atoms with E-state index in [4.69, 9.17) is 4.74 Å². The molecule has 29 heavy (non-hydrogen) atoms. The molecule has 0 atom stereocenters. The third-order valence-electron chi connectivity index (χ3n) is 5.08. The van der Waals surface area contributed by atoms with Gasteiger partial charge in [-0.25, -0.2) is 0 Å². The summed E-state index contributed by atoms with van der Waals surface area (Å²) in [5.74, 6) is 2.08. The second kappa shape index (κ2) is 11.4. The summed E-state index contributed by atoms with van der Waals surface area (Å²) in [6.07, 6.45) is 4.09.